The Morgan fingerprint density at radius 1 is 1.25 bits per heavy atom. The Kier molecular flexibility index (Phi) is 2.38. The predicted octanol–water partition coefficient (Wildman–Crippen LogP) is 1.07. The highest BCUT2D eigenvalue weighted by atomic mass is 15.3. The van der Waals surface area contributed by atoms with Gasteiger partial charge in [0.25, 0.3) is 0 Å². The van der Waals surface area contributed by atoms with E-state index in [4.69, 9.17) is 0 Å². The minimum Gasteiger partial charge on any atom is -0.372 e. The molecule has 6 nitrogen and oxygen atoms in total. The third-order valence-electron chi connectivity index (χ3n) is 4.28. The molecule has 0 spiro atoms. The van der Waals surface area contributed by atoms with Gasteiger partial charge < -0.3 is 16.0 Å². The molecule has 20 heavy (non-hydrogen) atoms. The van der Waals surface area contributed by atoms with Crippen molar-refractivity contribution in [2.24, 2.45) is 5.92 Å². The number of pyridine rings is 1. The molecule has 1 aliphatic carbocycles. The fourth-order valence-electron chi connectivity index (χ4n) is 3.09. The number of hydrogen-bond donors (Lipinski definition) is 3. The molecule has 0 amide bonds. The highest BCUT2D eigenvalue weighted by molar-refractivity contribution is 5.90. The summed E-state index contributed by atoms with van der Waals surface area (Å²) in [5.74, 6) is 2.25. The molecule has 3 atom stereocenters. The zero-order valence-corrected chi connectivity index (χ0v) is 11.9. The minimum absolute atomic E-state index is 0.475. The normalized spacial score (nSPS) is 26.9. The molecule has 1 saturated carbocycles. The largest absolute Gasteiger partial charge is 0.372 e. The second-order valence-electron chi connectivity index (χ2n) is 5.69. The number of aromatic nitrogens is 3. The standard InChI is InChI=1S/C14H18N6/c1-6-4-7(2)17-13-9(6)12(15-3)19-14(20-13)18-11-8-5-16-10(8)11/h4,8,10-11,16H,5H2,1-3H3,(H2,15,17,18,19,20). The Hall–Kier alpha value is -1.95. The number of hydrogen-bond acceptors (Lipinski definition) is 6. The zero-order valence-electron chi connectivity index (χ0n) is 11.9. The van der Waals surface area contributed by atoms with Crippen molar-refractivity contribution in [2.75, 3.05) is 24.2 Å². The molecule has 1 aliphatic heterocycles. The molecule has 2 aromatic heterocycles. The Balaban J connectivity index is 1.78. The average molecular weight is 270 g/mol. The lowest BCUT2D eigenvalue weighted by Crippen LogP contribution is -2.32. The van der Waals surface area contributed by atoms with Crippen LogP contribution in [0.4, 0.5) is 11.8 Å². The summed E-state index contributed by atoms with van der Waals surface area (Å²) in [6.07, 6.45) is 0. The second kappa shape index (κ2) is 4.02. The highest BCUT2D eigenvalue weighted by Crippen LogP contribution is 2.40. The lowest BCUT2D eigenvalue weighted by atomic mass is 10.1. The molecule has 0 bridgehead atoms. The Morgan fingerprint density at radius 3 is 2.70 bits per heavy atom. The van der Waals surface area contributed by atoms with Crippen molar-refractivity contribution in [3.8, 4) is 0 Å². The van der Waals surface area contributed by atoms with Crippen LogP contribution in [0.1, 0.15) is 11.3 Å². The fourth-order valence-corrected chi connectivity index (χ4v) is 3.09. The summed E-state index contributed by atoms with van der Waals surface area (Å²) in [6, 6.07) is 3.15. The molecule has 2 aromatic rings. The topological polar surface area (TPSA) is 74.8 Å². The second-order valence-corrected chi connectivity index (χ2v) is 5.69. The van der Waals surface area contributed by atoms with Gasteiger partial charge in [0.15, 0.2) is 5.65 Å². The van der Waals surface area contributed by atoms with E-state index in [0.717, 1.165) is 40.6 Å². The van der Waals surface area contributed by atoms with E-state index < -0.39 is 0 Å². The first-order valence-electron chi connectivity index (χ1n) is 7.01. The summed E-state index contributed by atoms with van der Waals surface area (Å²) in [4.78, 5) is 13.7. The van der Waals surface area contributed by atoms with Crippen LogP contribution in [0, 0.1) is 19.8 Å². The summed E-state index contributed by atoms with van der Waals surface area (Å²) in [6.45, 7) is 5.16. The van der Waals surface area contributed by atoms with Gasteiger partial charge >= 0.3 is 0 Å². The molecule has 1 saturated heterocycles. The van der Waals surface area contributed by atoms with Crippen molar-refractivity contribution >= 4 is 22.8 Å². The summed E-state index contributed by atoms with van der Waals surface area (Å²) in [5.41, 5.74) is 2.89. The number of rotatable bonds is 3. The third kappa shape index (κ3) is 1.64. The molecule has 0 radical (unpaired) electrons. The van der Waals surface area contributed by atoms with Gasteiger partial charge in [-0.2, -0.15) is 9.97 Å². The third-order valence-corrected chi connectivity index (χ3v) is 4.28. The molecule has 0 aromatic carbocycles. The first kappa shape index (κ1) is 11.8. The van der Waals surface area contributed by atoms with Crippen molar-refractivity contribution < 1.29 is 0 Å². The number of aryl methyl sites for hydroxylation is 2. The SMILES string of the molecule is CNc1nc(NC2C3CNC32)nc2nc(C)cc(C)c12. The fraction of sp³-hybridized carbons (Fsp3) is 0.500. The van der Waals surface area contributed by atoms with E-state index >= 15 is 0 Å². The van der Waals surface area contributed by atoms with Crippen molar-refractivity contribution in [2.45, 2.75) is 25.9 Å². The van der Waals surface area contributed by atoms with E-state index in [-0.39, 0.29) is 0 Å². The molecule has 3 unspecified atom stereocenters. The van der Waals surface area contributed by atoms with E-state index in [1.54, 1.807) is 0 Å². The summed E-state index contributed by atoms with van der Waals surface area (Å²) < 4.78 is 0. The van der Waals surface area contributed by atoms with Gasteiger partial charge in [-0.3, -0.25) is 0 Å². The molecule has 2 aliphatic rings. The maximum absolute atomic E-state index is 4.59. The molecule has 6 heteroatoms. The highest BCUT2D eigenvalue weighted by Gasteiger charge is 2.57. The van der Waals surface area contributed by atoms with Gasteiger partial charge in [-0.15, -0.1) is 0 Å². The Labute approximate surface area is 117 Å². The Bertz CT molecular complexity index is 688. The van der Waals surface area contributed by atoms with Crippen LogP contribution >= 0.6 is 0 Å². The van der Waals surface area contributed by atoms with Gasteiger partial charge in [0.2, 0.25) is 5.95 Å². The van der Waals surface area contributed by atoms with E-state index in [1.165, 1.54) is 0 Å². The van der Waals surface area contributed by atoms with Crippen LogP contribution in [0.2, 0.25) is 0 Å². The van der Waals surface area contributed by atoms with E-state index in [0.29, 0.717) is 18.0 Å². The molecule has 3 heterocycles. The number of anilines is 2. The van der Waals surface area contributed by atoms with Crippen LogP contribution in [-0.2, 0) is 0 Å². The molecule has 3 N–H and O–H groups in total. The smallest absolute Gasteiger partial charge is 0.227 e. The molecular weight excluding hydrogens is 252 g/mol. The number of nitrogens with zero attached hydrogens (tertiary/aromatic N) is 3. The van der Waals surface area contributed by atoms with Crippen LogP contribution in [-0.4, -0.2) is 40.6 Å². The summed E-state index contributed by atoms with van der Waals surface area (Å²) >= 11 is 0. The molecule has 2 fully saturated rings. The summed E-state index contributed by atoms with van der Waals surface area (Å²) in [7, 11) is 1.88. The van der Waals surface area contributed by atoms with Crippen LogP contribution in [0.5, 0.6) is 0 Å². The molecule has 4 rings (SSSR count). The van der Waals surface area contributed by atoms with Gasteiger partial charge in [0.05, 0.1) is 11.4 Å². The van der Waals surface area contributed by atoms with Gasteiger partial charge in [-0.05, 0) is 25.5 Å². The predicted molar refractivity (Wildman–Crippen MR) is 79.0 cm³/mol. The van der Waals surface area contributed by atoms with E-state index in [9.17, 15) is 0 Å². The van der Waals surface area contributed by atoms with Gasteiger partial charge in [-0.1, -0.05) is 0 Å². The van der Waals surface area contributed by atoms with Crippen molar-refractivity contribution in [1.29, 1.82) is 0 Å². The van der Waals surface area contributed by atoms with Crippen LogP contribution < -0.4 is 16.0 Å². The van der Waals surface area contributed by atoms with Crippen LogP contribution in [0.3, 0.4) is 0 Å². The Morgan fingerprint density at radius 2 is 2.05 bits per heavy atom. The number of nitrogens with one attached hydrogen (secondary N) is 3. The maximum Gasteiger partial charge on any atom is 0.227 e. The lowest BCUT2D eigenvalue weighted by molar-refractivity contribution is 0.506. The monoisotopic (exact) mass is 270 g/mol. The minimum atomic E-state index is 0.475. The van der Waals surface area contributed by atoms with Gasteiger partial charge in [-0.25, -0.2) is 4.98 Å². The quantitative estimate of drug-likeness (QED) is 0.774. The van der Waals surface area contributed by atoms with Crippen molar-refractivity contribution in [3.63, 3.8) is 0 Å². The van der Waals surface area contributed by atoms with Gasteiger partial charge in [0, 0.05) is 31.2 Å². The van der Waals surface area contributed by atoms with Crippen LogP contribution in [0.15, 0.2) is 6.07 Å². The molecule has 104 valence electrons. The lowest BCUT2D eigenvalue weighted by Gasteiger charge is -2.11. The van der Waals surface area contributed by atoms with Crippen LogP contribution in [0.25, 0.3) is 11.0 Å². The van der Waals surface area contributed by atoms with Crippen molar-refractivity contribution in [3.05, 3.63) is 17.3 Å². The first-order chi connectivity index (χ1) is 9.67. The number of fused-ring (bicyclic) bond motifs is 2. The zero-order chi connectivity index (χ0) is 13.9. The maximum atomic E-state index is 4.59. The first-order valence-corrected chi connectivity index (χ1v) is 7.01. The summed E-state index contributed by atoms with van der Waals surface area (Å²) in [5, 5.41) is 11.0. The van der Waals surface area contributed by atoms with Crippen molar-refractivity contribution in [1.82, 2.24) is 20.3 Å². The van der Waals surface area contributed by atoms with E-state index in [1.807, 2.05) is 14.0 Å². The van der Waals surface area contributed by atoms with E-state index in [2.05, 4.69) is 43.9 Å². The molecular formula is C14H18N6. The average Bonchev–Trinajstić information content (AvgIpc) is 2.85. The van der Waals surface area contributed by atoms with Gasteiger partial charge in [0.1, 0.15) is 5.82 Å².